The van der Waals surface area contributed by atoms with Crippen LogP contribution in [0.3, 0.4) is 0 Å². The van der Waals surface area contributed by atoms with Crippen LogP contribution < -0.4 is 0 Å². The van der Waals surface area contributed by atoms with Crippen molar-refractivity contribution in [1.29, 1.82) is 0 Å². The highest BCUT2D eigenvalue weighted by molar-refractivity contribution is 5.66. The zero-order chi connectivity index (χ0) is 19.4. The summed E-state index contributed by atoms with van der Waals surface area (Å²) < 4.78 is 5.15. The number of hydrogen-bond donors (Lipinski definition) is 2. The van der Waals surface area contributed by atoms with E-state index in [0.717, 1.165) is 51.9 Å². The van der Waals surface area contributed by atoms with Crippen molar-refractivity contribution in [3.8, 4) is 0 Å². The van der Waals surface area contributed by atoms with Crippen LogP contribution in [0.2, 0.25) is 0 Å². The van der Waals surface area contributed by atoms with E-state index >= 15 is 0 Å². The predicted molar refractivity (Wildman–Crippen MR) is 95.1 cm³/mol. The minimum absolute atomic E-state index is 0.149. The molecule has 24 heavy (non-hydrogen) atoms. The first-order valence-electron chi connectivity index (χ1n) is 8.79. The molecule has 0 aromatic carbocycles. The SMILES string of the molecule is CC(=O)O.CCCCC(CCC)OC(C)=O.CCCCCC(=O)O. The zero-order valence-electron chi connectivity index (χ0n) is 16.0. The highest BCUT2D eigenvalue weighted by atomic mass is 16.5. The third-order valence-electron chi connectivity index (χ3n) is 2.82. The topological polar surface area (TPSA) is 101 Å². The second kappa shape index (κ2) is 21.4. The molecule has 0 saturated carbocycles. The fourth-order valence-electron chi connectivity index (χ4n) is 1.78. The number of carbonyl (C=O) groups is 3. The Labute approximate surface area is 146 Å². The van der Waals surface area contributed by atoms with Crippen LogP contribution >= 0.6 is 0 Å². The molecule has 0 fully saturated rings. The Morgan fingerprint density at radius 1 is 0.833 bits per heavy atom. The summed E-state index contributed by atoms with van der Waals surface area (Å²) in [5.74, 6) is -1.66. The number of rotatable bonds is 10. The molecule has 144 valence electrons. The molecule has 0 aliphatic carbocycles. The van der Waals surface area contributed by atoms with Crippen LogP contribution in [0, 0.1) is 0 Å². The van der Waals surface area contributed by atoms with Gasteiger partial charge >= 0.3 is 11.9 Å². The van der Waals surface area contributed by atoms with E-state index in [-0.39, 0.29) is 12.1 Å². The summed E-state index contributed by atoms with van der Waals surface area (Å²) in [5.41, 5.74) is 0. The molecule has 2 N–H and O–H groups in total. The van der Waals surface area contributed by atoms with Gasteiger partial charge in [0.05, 0.1) is 0 Å². The number of aliphatic carboxylic acids is 2. The highest BCUT2D eigenvalue weighted by Gasteiger charge is 2.09. The van der Waals surface area contributed by atoms with Crippen LogP contribution in [0.15, 0.2) is 0 Å². The van der Waals surface area contributed by atoms with Gasteiger partial charge < -0.3 is 14.9 Å². The van der Waals surface area contributed by atoms with E-state index in [1.54, 1.807) is 0 Å². The summed E-state index contributed by atoms with van der Waals surface area (Å²) in [6.45, 7) is 8.88. The summed E-state index contributed by atoms with van der Waals surface area (Å²) >= 11 is 0. The van der Waals surface area contributed by atoms with Crippen molar-refractivity contribution in [1.82, 2.24) is 0 Å². The van der Waals surface area contributed by atoms with Crippen LogP contribution in [-0.2, 0) is 19.1 Å². The van der Waals surface area contributed by atoms with Crippen molar-refractivity contribution in [2.45, 2.75) is 98.5 Å². The van der Waals surface area contributed by atoms with E-state index in [1.165, 1.54) is 13.3 Å². The van der Waals surface area contributed by atoms with Gasteiger partial charge in [-0.3, -0.25) is 14.4 Å². The van der Waals surface area contributed by atoms with Crippen molar-refractivity contribution in [2.75, 3.05) is 0 Å². The summed E-state index contributed by atoms with van der Waals surface area (Å²) in [7, 11) is 0. The fraction of sp³-hybridized carbons (Fsp3) is 0.833. The second-order valence-corrected chi connectivity index (χ2v) is 5.53. The largest absolute Gasteiger partial charge is 0.481 e. The van der Waals surface area contributed by atoms with Gasteiger partial charge in [-0.05, 0) is 19.3 Å². The average Bonchev–Trinajstić information content (AvgIpc) is 2.44. The second-order valence-electron chi connectivity index (χ2n) is 5.53. The normalized spacial score (nSPS) is 10.4. The fourth-order valence-corrected chi connectivity index (χ4v) is 1.78. The molecule has 0 rings (SSSR count). The van der Waals surface area contributed by atoms with E-state index in [1.807, 2.05) is 0 Å². The molecule has 0 aromatic rings. The molecule has 0 aliphatic heterocycles. The van der Waals surface area contributed by atoms with E-state index in [2.05, 4.69) is 20.8 Å². The zero-order valence-corrected chi connectivity index (χ0v) is 16.0. The van der Waals surface area contributed by atoms with Gasteiger partial charge in [-0.1, -0.05) is 52.9 Å². The lowest BCUT2D eigenvalue weighted by Crippen LogP contribution is -2.15. The molecular weight excluding hydrogens is 312 g/mol. The Kier molecular flexibility index (Phi) is 24.3. The molecule has 6 nitrogen and oxygen atoms in total. The minimum Gasteiger partial charge on any atom is -0.481 e. The van der Waals surface area contributed by atoms with Gasteiger partial charge in [0.25, 0.3) is 5.97 Å². The van der Waals surface area contributed by atoms with Gasteiger partial charge in [0.15, 0.2) is 0 Å². The van der Waals surface area contributed by atoms with Crippen molar-refractivity contribution in [3.63, 3.8) is 0 Å². The first kappa shape index (κ1) is 27.3. The van der Waals surface area contributed by atoms with Gasteiger partial charge in [-0.25, -0.2) is 0 Å². The van der Waals surface area contributed by atoms with Gasteiger partial charge in [-0.2, -0.15) is 0 Å². The number of hydrogen-bond acceptors (Lipinski definition) is 4. The number of carboxylic acid groups (broad SMARTS) is 2. The number of carboxylic acids is 2. The maximum Gasteiger partial charge on any atom is 0.303 e. The van der Waals surface area contributed by atoms with E-state index < -0.39 is 11.9 Å². The van der Waals surface area contributed by atoms with Gasteiger partial charge in [0.1, 0.15) is 6.10 Å². The number of ether oxygens (including phenoxy) is 1. The van der Waals surface area contributed by atoms with Gasteiger partial charge in [0.2, 0.25) is 0 Å². The minimum atomic E-state index is -0.833. The number of esters is 1. The predicted octanol–water partition coefficient (Wildman–Crippen LogP) is 4.65. The molecule has 0 bridgehead atoms. The third kappa shape index (κ3) is 37.0. The lowest BCUT2D eigenvalue weighted by molar-refractivity contribution is -0.147. The van der Waals surface area contributed by atoms with Crippen LogP contribution in [0.25, 0.3) is 0 Å². The average molecular weight is 348 g/mol. The first-order valence-corrected chi connectivity index (χ1v) is 8.79. The van der Waals surface area contributed by atoms with Crippen molar-refractivity contribution >= 4 is 17.9 Å². The van der Waals surface area contributed by atoms with Crippen LogP contribution in [0.1, 0.15) is 92.4 Å². The van der Waals surface area contributed by atoms with Gasteiger partial charge in [-0.15, -0.1) is 0 Å². The Hall–Kier alpha value is -1.59. The maximum atomic E-state index is 10.7. The smallest absolute Gasteiger partial charge is 0.303 e. The standard InChI is InChI=1S/C10H20O2.C6H12O2.C2H4O2/c1-4-6-8-10(7-5-2)12-9(3)11;1-2-3-4-5-6(7)8;1-2(3)4/h10H,4-8H2,1-3H3;2-5H2,1H3,(H,7,8);1H3,(H,3,4). The molecule has 0 saturated heterocycles. The first-order chi connectivity index (χ1) is 11.2. The molecule has 6 heteroatoms. The summed E-state index contributed by atoms with van der Waals surface area (Å²) in [6.07, 6.45) is 8.86. The summed E-state index contributed by atoms with van der Waals surface area (Å²) in [4.78, 5) is 29.5. The molecule has 0 amide bonds. The quantitative estimate of drug-likeness (QED) is 0.440. The molecule has 1 atom stereocenters. The van der Waals surface area contributed by atoms with Gasteiger partial charge in [0, 0.05) is 20.3 Å². The van der Waals surface area contributed by atoms with Crippen LogP contribution in [-0.4, -0.2) is 34.2 Å². The van der Waals surface area contributed by atoms with Crippen LogP contribution in [0.4, 0.5) is 0 Å². The molecule has 0 heterocycles. The van der Waals surface area contributed by atoms with E-state index in [4.69, 9.17) is 19.7 Å². The molecule has 1 unspecified atom stereocenters. The Bertz CT molecular complexity index is 311. The third-order valence-corrected chi connectivity index (χ3v) is 2.82. The molecular formula is C18H36O6. The van der Waals surface area contributed by atoms with Crippen LogP contribution in [0.5, 0.6) is 0 Å². The molecule has 0 radical (unpaired) electrons. The van der Waals surface area contributed by atoms with E-state index in [9.17, 15) is 9.59 Å². The maximum absolute atomic E-state index is 10.7. The van der Waals surface area contributed by atoms with Crippen molar-refractivity contribution in [2.24, 2.45) is 0 Å². The Morgan fingerprint density at radius 3 is 1.67 bits per heavy atom. The molecule has 0 aromatic heterocycles. The monoisotopic (exact) mass is 348 g/mol. The summed E-state index contributed by atoms with van der Waals surface area (Å²) in [6, 6.07) is 0. The van der Waals surface area contributed by atoms with Crippen molar-refractivity contribution in [3.05, 3.63) is 0 Å². The summed E-state index contributed by atoms with van der Waals surface area (Å²) in [5, 5.41) is 15.6. The molecule has 0 aliphatic rings. The Morgan fingerprint density at radius 2 is 1.33 bits per heavy atom. The van der Waals surface area contributed by atoms with E-state index in [0.29, 0.717) is 6.42 Å². The van der Waals surface area contributed by atoms with Crippen molar-refractivity contribution < 1.29 is 29.3 Å². The molecule has 0 spiro atoms. The number of unbranched alkanes of at least 4 members (excludes halogenated alkanes) is 3. The number of carbonyl (C=O) groups excluding carboxylic acids is 1. The Balaban J connectivity index is -0.000000316. The lowest BCUT2D eigenvalue weighted by Gasteiger charge is -2.15. The highest BCUT2D eigenvalue weighted by Crippen LogP contribution is 2.10. The lowest BCUT2D eigenvalue weighted by atomic mass is 10.1.